The topological polar surface area (TPSA) is 37.3 Å². The summed E-state index contributed by atoms with van der Waals surface area (Å²) in [7, 11) is 0. The fraction of sp³-hybridized carbons (Fsp3) is 0.944. The van der Waals surface area contributed by atoms with Crippen LogP contribution in [-0.2, 0) is 4.79 Å². The largest absolute Gasteiger partial charge is 0.389 e. The van der Waals surface area contributed by atoms with E-state index in [0.29, 0.717) is 18.3 Å². The summed E-state index contributed by atoms with van der Waals surface area (Å²) in [4.78, 5) is 11.4. The summed E-state index contributed by atoms with van der Waals surface area (Å²) in [5, 5.41) is 11.5. The summed E-state index contributed by atoms with van der Waals surface area (Å²) in [6.45, 7) is 10.8. The Hall–Kier alpha value is -0.370. The molecular weight excluding hydrogens is 248 g/mol. The first-order valence-electron chi connectivity index (χ1n) is 8.36. The van der Waals surface area contributed by atoms with E-state index in [4.69, 9.17) is 0 Å². The van der Waals surface area contributed by atoms with Gasteiger partial charge in [-0.1, -0.05) is 34.1 Å². The first-order valence-corrected chi connectivity index (χ1v) is 8.36. The van der Waals surface area contributed by atoms with Crippen LogP contribution in [0.3, 0.4) is 0 Å². The second-order valence-electron chi connectivity index (χ2n) is 8.38. The molecule has 2 heteroatoms. The average molecular weight is 280 g/mol. The highest BCUT2D eigenvalue weighted by Crippen LogP contribution is 2.64. The van der Waals surface area contributed by atoms with Crippen molar-refractivity contribution in [3.05, 3.63) is 0 Å². The minimum Gasteiger partial charge on any atom is -0.389 e. The van der Waals surface area contributed by atoms with Crippen molar-refractivity contribution in [2.24, 2.45) is 22.7 Å². The highest BCUT2D eigenvalue weighted by atomic mass is 16.3. The van der Waals surface area contributed by atoms with Gasteiger partial charge in [0.05, 0.1) is 5.60 Å². The van der Waals surface area contributed by atoms with Crippen molar-refractivity contribution in [2.45, 2.75) is 85.2 Å². The number of carbonyl (C=O) groups is 1. The van der Waals surface area contributed by atoms with E-state index in [-0.39, 0.29) is 16.6 Å². The van der Waals surface area contributed by atoms with Crippen LogP contribution in [0.4, 0.5) is 0 Å². The van der Waals surface area contributed by atoms with E-state index in [0.717, 1.165) is 32.1 Å². The molecule has 0 radical (unpaired) electrons. The van der Waals surface area contributed by atoms with E-state index in [1.165, 1.54) is 6.42 Å². The van der Waals surface area contributed by atoms with Gasteiger partial charge < -0.3 is 9.90 Å². The van der Waals surface area contributed by atoms with Crippen LogP contribution in [0.1, 0.15) is 79.6 Å². The summed E-state index contributed by atoms with van der Waals surface area (Å²) < 4.78 is 0. The van der Waals surface area contributed by atoms with Crippen LogP contribution in [0.15, 0.2) is 0 Å². The van der Waals surface area contributed by atoms with Gasteiger partial charge in [0.2, 0.25) is 0 Å². The number of carbonyl (C=O) groups excluding carboxylic acids is 1. The Kier molecular flexibility index (Phi) is 4.10. The lowest BCUT2D eigenvalue weighted by molar-refractivity contribution is -0.236. The third-order valence-corrected chi connectivity index (χ3v) is 6.84. The molecule has 0 bridgehead atoms. The predicted molar refractivity (Wildman–Crippen MR) is 82.5 cm³/mol. The van der Waals surface area contributed by atoms with Crippen LogP contribution < -0.4 is 0 Å². The smallest absolute Gasteiger partial charge is 0.129 e. The molecule has 0 amide bonds. The van der Waals surface area contributed by atoms with Crippen molar-refractivity contribution in [1.29, 1.82) is 0 Å². The molecule has 2 aliphatic carbocycles. The van der Waals surface area contributed by atoms with Crippen LogP contribution in [0.5, 0.6) is 0 Å². The van der Waals surface area contributed by atoms with Gasteiger partial charge in [-0.25, -0.2) is 0 Å². The van der Waals surface area contributed by atoms with Gasteiger partial charge in [-0.05, 0) is 61.7 Å². The van der Waals surface area contributed by atoms with Crippen molar-refractivity contribution in [2.75, 3.05) is 0 Å². The molecule has 0 heterocycles. The minimum atomic E-state index is -0.563. The van der Waals surface area contributed by atoms with Crippen molar-refractivity contribution in [1.82, 2.24) is 0 Å². The first-order chi connectivity index (χ1) is 9.14. The Bertz CT molecular complexity index is 387. The van der Waals surface area contributed by atoms with E-state index >= 15 is 0 Å². The zero-order chi connectivity index (χ0) is 15.2. The number of fused-ring (bicyclic) bond motifs is 1. The number of rotatable bonds is 3. The standard InChI is InChI=1S/C18H32O2/c1-13-9-12-18(20)16(3,4)10-6-11-17(18,5)15(13)8-7-14(2)19/h13,15,20H,6-12H2,1-5H3. The van der Waals surface area contributed by atoms with Gasteiger partial charge in [-0.15, -0.1) is 0 Å². The molecule has 0 saturated heterocycles. The van der Waals surface area contributed by atoms with E-state index in [1.807, 2.05) is 0 Å². The Balaban J connectivity index is 2.33. The zero-order valence-corrected chi connectivity index (χ0v) is 14.0. The normalized spacial score (nSPS) is 43.9. The monoisotopic (exact) mass is 280 g/mol. The SMILES string of the molecule is CC(=O)CCC1C(C)CCC2(O)C(C)(C)CCCC12C. The molecule has 0 spiro atoms. The fourth-order valence-electron chi connectivity index (χ4n) is 5.43. The summed E-state index contributed by atoms with van der Waals surface area (Å²) in [5.74, 6) is 1.38. The van der Waals surface area contributed by atoms with Gasteiger partial charge >= 0.3 is 0 Å². The van der Waals surface area contributed by atoms with Crippen molar-refractivity contribution in [3.63, 3.8) is 0 Å². The molecule has 0 aliphatic heterocycles. The summed E-state index contributed by atoms with van der Waals surface area (Å²) in [5.41, 5.74) is -0.595. The summed E-state index contributed by atoms with van der Waals surface area (Å²) in [6, 6.07) is 0. The Morgan fingerprint density at radius 1 is 1.20 bits per heavy atom. The van der Waals surface area contributed by atoms with E-state index in [9.17, 15) is 9.90 Å². The van der Waals surface area contributed by atoms with Gasteiger partial charge in [0.25, 0.3) is 0 Å². The lowest BCUT2D eigenvalue weighted by atomic mass is 9.43. The molecule has 20 heavy (non-hydrogen) atoms. The molecule has 2 nitrogen and oxygen atoms in total. The van der Waals surface area contributed by atoms with Gasteiger partial charge in [-0.2, -0.15) is 0 Å². The molecule has 0 aromatic heterocycles. The van der Waals surface area contributed by atoms with Gasteiger partial charge in [-0.3, -0.25) is 0 Å². The molecule has 2 saturated carbocycles. The molecule has 2 fully saturated rings. The predicted octanol–water partition coefficient (Wildman–Crippen LogP) is 4.35. The van der Waals surface area contributed by atoms with E-state index in [1.54, 1.807) is 6.92 Å². The van der Waals surface area contributed by atoms with E-state index < -0.39 is 5.60 Å². The average Bonchev–Trinajstić information content (AvgIpc) is 2.32. The maximum Gasteiger partial charge on any atom is 0.129 e. The number of aliphatic hydroxyl groups is 1. The lowest BCUT2D eigenvalue weighted by Crippen LogP contribution is -2.65. The maximum atomic E-state index is 11.5. The summed E-state index contributed by atoms with van der Waals surface area (Å²) >= 11 is 0. The summed E-state index contributed by atoms with van der Waals surface area (Å²) in [6.07, 6.45) is 7.07. The molecule has 4 unspecified atom stereocenters. The van der Waals surface area contributed by atoms with Crippen LogP contribution >= 0.6 is 0 Å². The molecule has 2 aliphatic rings. The van der Waals surface area contributed by atoms with Crippen molar-refractivity contribution >= 4 is 5.78 Å². The second kappa shape index (κ2) is 5.12. The zero-order valence-electron chi connectivity index (χ0n) is 14.0. The quantitative estimate of drug-likeness (QED) is 0.834. The first kappa shape index (κ1) is 16.0. The van der Waals surface area contributed by atoms with Crippen molar-refractivity contribution in [3.8, 4) is 0 Å². The molecule has 4 atom stereocenters. The van der Waals surface area contributed by atoms with Crippen LogP contribution in [0, 0.1) is 22.7 Å². The van der Waals surface area contributed by atoms with Crippen LogP contribution in [0.2, 0.25) is 0 Å². The highest BCUT2D eigenvalue weighted by molar-refractivity contribution is 5.75. The third kappa shape index (κ3) is 2.24. The molecular formula is C18H32O2. The number of Topliss-reactive ketones (excluding diaryl/α,β-unsaturated/α-hetero) is 1. The molecule has 116 valence electrons. The lowest BCUT2D eigenvalue weighted by Gasteiger charge is -2.64. The molecule has 0 aromatic carbocycles. The van der Waals surface area contributed by atoms with Gasteiger partial charge in [0.1, 0.15) is 5.78 Å². The second-order valence-corrected chi connectivity index (χ2v) is 8.38. The van der Waals surface area contributed by atoms with Crippen molar-refractivity contribution < 1.29 is 9.90 Å². The Morgan fingerprint density at radius 3 is 2.45 bits per heavy atom. The van der Waals surface area contributed by atoms with Gasteiger partial charge in [0.15, 0.2) is 0 Å². The molecule has 1 N–H and O–H groups in total. The van der Waals surface area contributed by atoms with Crippen LogP contribution in [0.25, 0.3) is 0 Å². The number of hydrogen-bond acceptors (Lipinski definition) is 2. The number of ketones is 1. The third-order valence-electron chi connectivity index (χ3n) is 6.84. The molecule has 2 rings (SSSR count). The molecule has 0 aromatic rings. The Labute approximate surface area is 124 Å². The fourth-order valence-corrected chi connectivity index (χ4v) is 5.43. The van der Waals surface area contributed by atoms with E-state index in [2.05, 4.69) is 27.7 Å². The minimum absolute atomic E-state index is 0.00534. The highest BCUT2D eigenvalue weighted by Gasteiger charge is 2.62. The van der Waals surface area contributed by atoms with Gasteiger partial charge in [0, 0.05) is 6.42 Å². The van der Waals surface area contributed by atoms with Crippen LogP contribution in [-0.4, -0.2) is 16.5 Å². The maximum absolute atomic E-state index is 11.5. The number of hydrogen-bond donors (Lipinski definition) is 1. The Morgan fingerprint density at radius 2 is 1.85 bits per heavy atom.